The third kappa shape index (κ3) is 5.38. The fraction of sp³-hybridized carbons (Fsp3) is 0.333. The van der Waals surface area contributed by atoms with Gasteiger partial charge in [0.05, 0.1) is 44.0 Å². The highest BCUT2D eigenvalue weighted by Gasteiger charge is 2.17. The standard InChI is InChI=1S/C21H25N7O4/c22-18-3-1-14(10-23-18)17-9-19(27-21(26-17)28-5-7-31-8-6-28)25-15-2-4-20(24-11-15)32-16(12-29)13-30/h1-4,9-11,16,29-30H,5-8,12-13H2,(H2,22,23)(H,25,26,27). The topological polar surface area (TPSA) is 152 Å². The van der Waals surface area contributed by atoms with Crippen LogP contribution in [0.2, 0.25) is 0 Å². The third-order valence-corrected chi connectivity index (χ3v) is 4.79. The van der Waals surface area contributed by atoms with Crippen molar-refractivity contribution in [2.24, 2.45) is 0 Å². The van der Waals surface area contributed by atoms with Crippen LogP contribution >= 0.6 is 0 Å². The predicted octanol–water partition coefficient (Wildman–Crippen LogP) is 0.828. The summed E-state index contributed by atoms with van der Waals surface area (Å²) >= 11 is 0. The normalized spacial score (nSPS) is 13.9. The summed E-state index contributed by atoms with van der Waals surface area (Å²) in [6, 6.07) is 8.84. The molecule has 168 valence electrons. The van der Waals surface area contributed by atoms with Crippen LogP contribution in [0.25, 0.3) is 11.3 Å². The van der Waals surface area contributed by atoms with Gasteiger partial charge in [-0.05, 0) is 18.2 Å². The molecule has 4 rings (SSSR count). The van der Waals surface area contributed by atoms with Gasteiger partial charge in [-0.1, -0.05) is 0 Å². The number of nitrogens with two attached hydrogens (primary N) is 1. The number of aromatic nitrogens is 4. The summed E-state index contributed by atoms with van der Waals surface area (Å²) < 4.78 is 10.8. The van der Waals surface area contributed by atoms with E-state index in [1.165, 1.54) is 0 Å². The predicted molar refractivity (Wildman–Crippen MR) is 119 cm³/mol. The molecule has 1 saturated heterocycles. The summed E-state index contributed by atoms with van der Waals surface area (Å²) in [4.78, 5) is 19.8. The van der Waals surface area contributed by atoms with Crippen LogP contribution in [-0.2, 0) is 4.74 Å². The second kappa shape index (κ2) is 10.2. The maximum atomic E-state index is 9.14. The first-order chi connectivity index (χ1) is 15.6. The molecule has 0 atom stereocenters. The Bertz CT molecular complexity index is 1010. The Kier molecular flexibility index (Phi) is 6.90. The van der Waals surface area contributed by atoms with E-state index in [-0.39, 0.29) is 13.2 Å². The maximum Gasteiger partial charge on any atom is 0.228 e. The molecule has 0 amide bonds. The number of morpholine rings is 1. The van der Waals surface area contributed by atoms with Crippen molar-refractivity contribution in [1.29, 1.82) is 0 Å². The van der Waals surface area contributed by atoms with Crippen LogP contribution in [0.4, 0.5) is 23.3 Å². The minimum Gasteiger partial charge on any atom is -0.469 e. The summed E-state index contributed by atoms with van der Waals surface area (Å²) in [7, 11) is 0. The van der Waals surface area contributed by atoms with Crippen LogP contribution in [0.5, 0.6) is 5.88 Å². The van der Waals surface area contributed by atoms with E-state index in [0.29, 0.717) is 61.1 Å². The summed E-state index contributed by atoms with van der Waals surface area (Å²) in [6.07, 6.45) is 2.55. The van der Waals surface area contributed by atoms with Crippen molar-refractivity contribution < 1.29 is 19.7 Å². The van der Waals surface area contributed by atoms with Gasteiger partial charge in [-0.15, -0.1) is 0 Å². The number of nitrogens with one attached hydrogen (secondary N) is 1. The number of nitrogens with zero attached hydrogens (tertiary/aromatic N) is 5. The van der Waals surface area contributed by atoms with E-state index in [4.69, 9.17) is 30.4 Å². The monoisotopic (exact) mass is 439 g/mol. The molecular weight excluding hydrogens is 414 g/mol. The summed E-state index contributed by atoms with van der Waals surface area (Å²) in [5, 5.41) is 21.5. The Morgan fingerprint density at radius 2 is 1.88 bits per heavy atom. The van der Waals surface area contributed by atoms with Gasteiger partial charge >= 0.3 is 0 Å². The van der Waals surface area contributed by atoms with Gasteiger partial charge in [0.15, 0.2) is 0 Å². The van der Waals surface area contributed by atoms with Crippen LogP contribution in [0.3, 0.4) is 0 Å². The molecule has 0 saturated carbocycles. The smallest absolute Gasteiger partial charge is 0.228 e. The zero-order chi connectivity index (χ0) is 22.3. The van der Waals surface area contributed by atoms with Crippen LogP contribution < -0.4 is 20.7 Å². The number of anilines is 4. The van der Waals surface area contributed by atoms with Crippen molar-refractivity contribution in [3.63, 3.8) is 0 Å². The highest BCUT2D eigenvalue weighted by molar-refractivity contribution is 5.67. The van der Waals surface area contributed by atoms with Crippen LogP contribution in [0, 0.1) is 0 Å². The molecule has 11 nitrogen and oxygen atoms in total. The summed E-state index contributed by atoms with van der Waals surface area (Å²) in [6.45, 7) is 2.04. The number of aliphatic hydroxyl groups excluding tert-OH is 2. The number of ether oxygens (including phenoxy) is 2. The zero-order valence-corrected chi connectivity index (χ0v) is 17.4. The lowest BCUT2D eigenvalue weighted by Crippen LogP contribution is -2.37. The lowest BCUT2D eigenvalue weighted by molar-refractivity contribution is 0.0597. The van der Waals surface area contributed by atoms with Crippen molar-refractivity contribution >= 4 is 23.3 Å². The maximum absolute atomic E-state index is 9.14. The van der Waals surface area contributed by atoms with Gasteiger partial charge in [-0.2, -0.15) is 4.98 Å². The molecule has 0 radical (unpaired) electrons. The van der Waals surface area contributed by atoms with E-state index in [1.807, 2.05) is 12.1 Å². The molecule has 0 unspecified atom stereocenters. The average molecular weight is 439 g/mol. The molecule has 4 heterocycles. The van der Waals surface area contributed by atoms with Crippen LogP contribution in [-0.4, -0.2) is 75.8 Å². The van der Waals surface area contributed by atoms with E-state index in [9.17, 15) is 0 Å². The van der Waals surface area contributed by atoms with Crippen molar-refractivity contribution in [3.05, 3.63) is 42.7 Å². The Balaban J connectivity index is 1.59. The van der Waals surface area contributed by atoms with E-state index in [0.717, 1.165) is 5.56 Å². The first-order valence-corrected chi connectivity index (χ1v) is 10.2. The second-order valence-electron chi connectivity index (χ2n) is 7.12. The summed E-state index contributed by atoms with van der Waals surface area (Å²) in [5.41, 5.74) is 7.94. The van der Waals surface area contributed by atoms with Gasteiger partial charge in [-0.3, -0.25) is 0 Å². The van der Waals surface area contributed by atoms with Gasteiger partial charge < -0.3 is 35.6 Å². The fourth-order valence-corrected chi connectivity index (χ4v) is 3.08. The summed E-state index contributed by atoms with van der Waals surface area (Å²) in [5.74, 6) is 1.92. The Morgan fingerprint density at radius 1 is 1.06 bits per heavy atom. The molecule has 3 aromatic heterocycles. The van der Waals surface area contributed by atoms with Gasteiger partial charge in [0.1, 0.15) is 17.7 Å². The van der Waals surface area contributed by atoms with Crippen LogP contribution in [0.1, 0.15) is 0 Å². The van der Waals surface area contributed by atoms with Crippen molar-refractivity contribution in [3.8, 4) is 17.1 Å². The molecule has 0 bridgehead atoms. The molecule has 0 aromatic carbocycles. The van der Waals surface area contributed by atoms with Crippen LogP contribution in [0.15, 0.2) is 42.7 Å². The van der Waals surface area contributed by atoms with Gasteiger partial charge in [0, 0.05) is 37.0 Å². The highest BCUT2D eigenvalue weighted by Crippen LogP contribution is 2.26. The van der Waals surface area contributed by atoms with Crippen molar-refractivity contribution in [1.82, 2.24) is 19.9 Å². The quantitative estimate of drug-likeness (QED) is 0.395. The molecule has 0 aliphatic carbocycles. The first-order valence-electron chi connectivity index (χ1n) is 10.2. The van der Waals surface area contributed by atoms with E-state index in [2.05, 4.69) is 25.2 Å². The van der Waals surface area contributed by atoms with Gasteiger partial charge in [0.25, 0.3) is 0 Å². The zero-order valence-electron chi connectivity index (χ0n) is 17.4. The highest BCUT2D eigenvalue weighted by atomic mass is 16.5. The average Bonchev–Trinajstić information content (AvgIpc) is 2.84. The lowest BCUT2D eigenvalue weighted by atomic mass is 10.2. The molecule has 1 fully saturated rings. The molecule has 1 aliphatic heterocycles. The molecule has 0 spiro atoms. The number of rotatable bonds is 8. The van der Waals surface area contributed by atoms with E-state index in [1.54, 1.807) is 30.6 Å². The Labute approximate surface area is 184 Å². The lowest BCUT2D eigenvalue weighted by Gasteiger charge is -2.27. The van der Waals surface area contributed by atoms with E-state index >= 15 is 0 Å². The SMILES string of the molecule is Nc1ccc(-c2cc(Nc3ccc(OC(CO)CO)nc3)nc(N3CCOCC3)n2)cn1. The largest absolute Gasteiger partial charge is 0.469 e. The minimum absolute atomic E-state index is 0.299. The van der Waals surface area contributed by atoms with Crippen molar-refractivity contribution in [2.75, 3.05) is 55.5 Å². The Hall–Kier alpha value is -3.54. The second-order valence-corrected chi connectivity index (χ2v) is 7.12. The van der Waals surface area contributed by atoms with E-state index < -0.39 is 6.10 Å². The number of pyridine rings is 2. The Morgan fingerprint density at radius 3 is 2.53 bits per heavy atom. The van der Waals surface area contributed by atoms with Crippen molar-refractivity contribution in [2.45, 2.75) is 6.10 Å². The van der Waals surface area contributed by atoms with Gasteiger partial charge in [-0.25, -0.2) is 15.0 Å². The first kappa shape index (κ1) is 21.7. The molecule has 5 N–H and O–H groups in total. The number of nitrogen functional groups attached to an aromatic ring is 1. The molecular formula is C21H25N7O4. The number of aliphatic hydroxyl groups is 2. The minimum atomic E-state index is -0.713. The van der Waals surface area contributed by atoms with Gasteiger partial charge in [0.2, 0.25) is 11.8 Å². The molecule has 1 aliphatic rings. The number of hydrogen-bond donors (Lipinski definition) is 4. The molecule has 11 heteroatoms. The third-order valence-electron chi connectivity index (χ3n) is 4.79. The fourth-order valence-electron chi connectivity index (χ4n) is 3.08. The molecule has 3 aromatic rings. The number of hydrogen-bond acceptors (Lipinski definition) is 11. The molecule has 32 heavy (non-hydrogen) atoms.